The first-order chi connectivity index (χ1) is 16.7. The summed E-state index contributed by atoms with van der Waals surface area (Å²) in [6.07, 6.45) is -3.13. The Hall–Kier alpha value is -2.79. The topological polar surface area (TPSA) is 70.5 Å². The van der Waals surface area contributed by atoms with Gasteiger partial charge in [0, 0.05) is 17.4 Å². The first-order valence-corrected chi connectivity index (χ1v) is 12.7. The number of alkyl halides is 3. The lowest BCUT2D eigenvalue weighted by molar-refractivity contribution is -0.274. The summed E-state index contributed by atoms with van der Waals surface area (Å²) in [6.45, 7) is 9.56. The van der Waals surface area contributed by atoms with Gasteiger partial charge in [0.05, 0.1) is 24.2 Å². The SMILES string of the molecule is CC(C)(C)OC(=O)C(C)(C)Sc1nc(CCOc2ccc(-c3ccc(OC(F)(F)F)cn3)cc2)cs1. The van der Waals surface area contributed by atoms with Gasteiger partial charge in [0.2, 0.25) is 0 Å². The molecule has 0 amide bonds. The monoisotopic (exact) mass is 540 g/mol. The molecule has 0 saturated carbocycles. The van der Waals surface area contributed by atoms with E-state index in [0.29, 0.717) is 24.5 Å². The Bertz CT molecular complexity index is 1160. The third-order valence-corrected chi connectivity index (χ3v) is 6.67. The van der Waals surface area contributed by atoms with Gasteiger partial charge < -0.3 is 14.2 Å². The van der Waals surface area contributed by atoms with Crippen molar-refractivity contribution in [3.63, 3.8) is 0 Å². The highest BCUT2D eigenvalue weighted by atomic mass is 32.2. The number of halogens is 3. The summed E-state index contributed by atoms with van der Waals surface area (Å²) in [5.74, 6) is -0.0146. The fraction of sp³-hybridized carbons (Fsp3) is 0.400. The molecule has 1 aromatic carbocycles. The minimum absolute atomic E-state index is 0.288. The van der Waals surface area contributed by atoms with E-state index in [2.05, 4.69) is 14.7 Å². The minimum atomic E-state index is -4.75. The predicted octanol–water partition coefficient (Wildman–Crippen LogP) is 6.94. The smallest absolute Gasteiger partial charge is 0.493 e. The zero-order chi connectivity index (χ0) is 26.6. The molecule has 2 aromatic heterocycles. The van der Waals surface area contributed by atoms with E-state index in [4.69, 9.17) is 9.47 Å². The average molecular weight is 541 g/mol. The Morgan fingerprint density at radius 3 is 2.25 bits per heavy atom. The number of nitrogens with zero attached hydrogens (tertiary/aromatic N) is 2. The number of carbonyl (C=O) groups is 1. The van der Waals surface area contributed by atoms with Gasteiger partial charge >= 0.3 is 12.3 Å². The van der Waals surface area contributed by atoms with Crippen LogP contribution in [0.15, 0.2) is 52.3 Å². The van der Waals surface area contributed by atoms with Crippen LogP contribution in [0, 0.1) is 0 Å². The van der Waals surface area contributed by atoms with Crippen molar-refractivity contribution >= 4 is 29.1 Å². The van der Waals surface area contributed by atoms with E-state index in [9.17, 15) is 18.0 Å². The Morgan fingerprint density at radius 2 is 1.67 bits per heavy atom. The fourth-order valence-electron chi connectivity index (χ4n) is 2.85. The van der Waals surface area contributed by atoms with Crippen molar-refractivity contribution in [1.82, 2.24) is 9.97 Å². The van der Waals surface area contributed by atoms with Crippen molar-refractivity contribution in [2.75, 3.05) is 6.61 Å². The molecule has 3 rings (SSSR count). The van der Waals surface area contributed by atoms with Gasteiger partial charge in [0.15, 0.2) is 4.34 Å². The normalized spacial score (nSPS) is 12.3. The molecule has 0 atom stereocenters. The van der Waals surface area contributed by atoms with E-state index in [1.165, 1.54) is 35.2 Å². The number of rotatable bonds is 9. The standard InChI is InChI=1S/C25H27F3N2O4S2/c1-23(2,3)34-21(31)24(4,5)36-22-30-17(15-35-22)12-13-32-18-8-6-16(7-9-18)20-11-10-19(14-29-20)33-25(26,27)28/h6-11,14-15H,12-13H2,1-5H3. The summed E-state index contributed by atoms with van der Waals surface area (Å²) in [6, 6.07) is 9.76. The third-order valence-electron chi connectivity index (χ3n) is 4.51. The van der Waals surface area contributed by atoms with Gasteiger partial charge in [-0.25, -0.2) is 4.98 Å². The van der Waals surface area contributed by atoms with Gasteiger partial charge in [0.25, 0.3) is 0 Å². The Balaban J connectivity index is 1.49. The number of esters is 1. The predicted molar refractivity (Wildman–Crippen MR) is 133 cm³/mol. The van der Waals surface area contributed by atoms with Crippen molar-refractivity contribution in [3.8, 4) is 22.8 Å². The highest BCUT2D eigenvalue weighted by molar-refractivity contribution is 8.03. The van der Waals surface area contributed by atoms with E-state index < -0.39 is 16.7 Å². The molecule has 0 aliphatic rings. The van der Waals surface area contributed by atoms with Gasteiger partial charge in [-0.2, -0.15) is 0 Å². The Labute approximate surface area is 216 Å². The molecule has 0 bridgehead atoms. The van der Waals surface area contributed by atoms with E-state index >= 15 is 0 Å². The first-order valence-electron chi connectivity index (χ1n) is 11.0. The summed E-state index contributed by atoms with van der Waals surface area (Å²) in [7, 11) is 0. The summed E-state index contributed by atoms with van der Waals surface area (Å²) >= 11 is 2.84. The van der Waals surface area contributed by atoms with Crippen molar-refractivity contribution in [3.05, 3.63) is 53.7 Å². The molecule has 0 spiro atoms. The largest absolute Gasteiger partial charge is 0.573 e. The second-order valence-corrected chi connectivity index (χ2v) is 12.0. The second kappa shape index (κ2) is 11.1. The molecule has 0 radical (unpaired) electrons. The molecular formula is C25H27F3N2O4S2. The van der Waals surface area contributed by atoms with Crippen molar-refractivity contribution in [2.45, 2.75) is 62.1 Å². The molecule has 2 heterocycles. The maximum Gasteiger partial charge on any atom is 0.573 e. The number of aromatic nitrogens is 2. The van der Waals surface area contributed by atoms with Gasteiger partial charge in [0.1, 0.15) is 21.8 Å². The Morgan fingerprint density at radius 1 is 1.00 bits per heavy atom. The molecule has 0 unspecified atom stereocenters. The van der Waals surface area contributed by atoms with Crippen molar-refractivity contribution in [2.24, 2.45) is 0 Å². The molecule has 6 nitrogen and oxygen atoms in total. The van der Waals surface area contributed by atoms with Crippen molar-refractivity contribution in [1.29, 1.82) is 0 Å². The lowest BCUT2D eigenvalue weighted by atomic mass is 10.1. The lowest BCUT2D eigenvalue weighted by Crippen LogP contribution is -2.36. The first kappa shape index (κ1) is 27.8. The van der Waals surface area contributed by atoms with E-state index in [1.807, 2.05) is 40.0 Å². The zero-order valence-electron chi connectivity index (χ0n) is 20.5. The average Bonchev–Trinajstić information content (AvgIpc) is 3.19. The quantitative estimate of drug-likeness (QED) is 0.215. The summed E-state index contributed by atoms with van der Waals surface area (Å²) in [5.41, 5.74) is 1.56. The molecule has 0 aliphatic carbocycles. The maximum absolute atomic E-state index is 12.5. The number of thioether (sulfide) groups is 1. The number of pyridine rings is 1. The van der Waals surface area contributed by atoms with Crippen LogP contribution in [0.1, 0.15) is 40.3 Å². The molecule has 3 aromatic rings. The van der Waals surface area contributed by atoms with Crippen LogP contribution in [-0.2, 0) is 16.0 Å². The zero-order valence-corrected chi connectivity index (χ0v) is 22.1. The van der Waals surface area contributed by atoms with Crippen molar-refractivity contribution < 1.29 is 32.2 Å². The highest BCUT2D eigenvalue weighted by Gasteiger charge is 2.34. The molecule has 0 saturated heterocycles. The van der Waals surface area contributed by atoms with Gasteiger partial charge in [-0.15, -0.1) is 24.5 Å². The molecule has 11 heteroatoms. The maximum atomic E-state index is 12.5. The number of carbonyl (C=O) groups excluding carboxylic acids is 1. The van der Waals surface area contributed by atoms with E-state index in [1.54, 1.807) is 24.3 Å². The number of benzene rings is 1. The summed E-state index contributed by atoms with van der Waals surface area (Å²) < 4.78 is 52.0. The minimum Gasteiger partial charge on any atom is -0.493 e. The number of hydrogen-bond acceptors (Lipinski definition) is 8. The van der Waals surface area contributed by atoms with Crippen LogP contribution in [0.2, 0.25) is 0 Å². The molecule has 0 aliphatic heterocycles. The fourth-order valence-corrected chi connectivity index (χ4v) is 5.12. The number of hydrogen-bond donors (Lipinski definition) is 0. The number of ether oxygens (including phenoxy) is 3. The van der Waals surface area contributed by atoms with Crippen LogP contribution in [0.3, 0.4) is 0 Å². The van der Waals surface area contributed by atoms with Crippen LogP contribution in [-0.4, -0.2) is 39.3 Å². The van der Waals surface area contributed by atoms with Crippen LogP contribution in [0.5, 0.6) is 11.5 Å². The van der Waals surface area contributed by atoms with Crippen LogP contribution in [0.4, 0.5) is 13.2 Å². The van der Waals surface area contributed by atoms with E-state index in [-0.39, 0.29) is 11.7 Å². The molecule has 194 valence electrons. The molecular weight excluding hydrogens is 513 g/mol. The van der Waals surface area contributed by atoms with Gasteiger partial charge in [-0.05, 0) is 71.0 Å². The lowest BCUT2D eigenvalue weighted by Gasteiger charge is -2.27. The second-order valence-electron chi connectivity index (χ2n) is 9.27. The highest BCUT2D eigenvalue weighted by Crippen LogP contribution is 2.36. The summed E-state index contributed by atoms with van der Waals surface area (Å²) in [5, 5.41) is 1.94. The molecule has 36 heavy (non-hydrogen) atoms. The van der Waals surface area contributed by atoms with Crippen LogP contribution in [0.25, 0.3) is 11.3 Å². The molecule has 0 N–H and O–H groups in total. The van der Waals surface area contributed by atoms with Gasteiger partial charge in [-0.3, -0.25) is 9.78 Å². The Kier molecular flexibility index (Phi) is 8.55. The van der Waals surface area contributed by atoms with Crippen LogP contribution >= 0.6 is 23.1 Å². The van der Waals surface area contributed by atoms with Crippen LogP contribution < -0.4 is 9.47 Å². The third kappa shape index (κ3) is 8.70. The van der Waals surface area contributed by atoms with Gasteiger partial charge in [-0.1, -0.05) is 11.8 Å². The van der Waals surface area contributed by atoms with E-state index in [0.717, 1.165) is 21.8 Å². The summed E-state index contributed by atoms with van der Waals surface area (Å²) in [4.78, 5) is 21.1. The molecule has 0 fully saturated rings. The number of thiazole rings is 1.